The number of piperidine rings is 1. The molecule has 1 atom stereocenters. The van der Waals surface area contributed by atoms with E-state index in [1.54, 1.807) is 7.11 Å². The average molecular weight is 424 g/mol. The first-order valence-corrected chi connectivity index (χ1v) is 11.4. The van der Waals surface area contributed by atoms with Gasteiger partial charge in [-0.3, -0.25) is 9.69 Å². The minimum atomic E-state index is -1.45. The van der Waals surface area contributed by atoms with Crippen molar-refractivity contribution in [1.29, 1.82) is 0 Å². The highest BCUT2D eigenvalue weighted by Crippen LogP contribution is 2.41. The second-order valence-corrected chi connectivity index (χ2v) is 8.81. The Balaban J connectivity index is 1.37. The molecule has 1 aliphatic heterocycles. The first-order valence-electron chi connectivity index (χ1n) is 11.4. The third-order valence-corrected chi connectivity index (χ3v) is 6.80. The van der Waals surface area contributed by atoms with Crippen LogP contribution in [0.4, 0.5) is 0 Å². The van der Waals surface area contributed by atoms with Gasteiger partial charge in [-0.2, -0.15) is 0 Å². The van der Waals surface area contributed by atoms with E-state index in [9.17, 15) is 9.90 Å². The third kappa shape index (κ3) is 4.91. The number of hydrogen-bond acceptors (Lipinski definition) is 5. The Morgan fingerprint density at radius 2 is 1.81 bits per heavy atom. The minimum absolute atomic E-state index is 0.0193. The van der Waals surface area contributed by atoms with E-state index in [1.807, 2.05) is 48.5 Å². The molecule has 1 saturated heterocycles. The highest BCUT2D eigenvalue weighted by Gasteiger charge is 2.46. The molecule has 1 amide bonds. The van der Waals surface area contributed by atoms with Crippen LogP contribution in [0, 0.1) is 5.92 Å². The van der Waals surface area contributed by atoms with Crippen molar-refractivity contribution in [1.82, 2.24) is 15.2 Å². The van der Waals surface area contributed by atoms with Gasteiger partial charge in [0, 0.05) is 37.7 Å². The molecule has 1 aliphatic carbocycles. The molecular formula is C25H33N3O3. The normalized spacial score (nSPS) is 20.3. The van der Waals surface area contributed by atoms with E-state index in [-0.39, 0.29) is 17.9 Å². The van der Waals surface area contributed by atoms with Crippen LogP contribution in [0.3, 0.4) is 0 Å². The monoisotopic (exact) mass is 423 g/mol. The SMILES string of the molecule is COc1cccc(CN2CCC(NC(=O)C(O)(c3ccccc3)C3CCCC3)CC2)n1. The molecule has 31 heavy (non-hydrogen) atoms. The van der Waals surface area contributed by atoms with Gasteiger partial charge in [0.05, 0.1) is 12.8 Å². The summed E-state index contributed by atoms with van der Waals surface area (Å²) in [6, 6.07) is 15.4. The Kier molecular flexibility index (Phi) is 6.88. The predicted octanol–water partition coefficient (Wildman–Crippen LogP) is 3.25. The lowest BCUT2D eigenvalue weighted by Gasteiger charge is -2.37. The van der Waals surface area contributed by atoms with Gasteiger partial charge < -0.3 is 15.2 Å². The summed E-state index contributed by atoms with van der Waals surface area (Å²) in [6.07, 6.45) is 5.67. The number of carbonyl (C=O) groups is 1. The molecule has 2 fully saturated rings. The molecular weight excluding hydrogens is 390 g/mol. The Morgan fingerprint density at radius 1 is 1.10 bits per heavy atom. The van der Waals surface area contributed by atoms with Crippen molar-refractivity contribution in [3.63, 3.8) is 0 Å². The number of nitrogens with zero attached hydrogens (tertiary/aromatic N) is 2. The summed E-state index contributed by atoms with van der Waals surface area (Å²) >= 11 is 0. The van der Waals surface area contributed by atoms with E-state index in [0.717, 1.165) is 63.9 Å². The lowest BCUT2D eigenvalue weighted by molar-refractivity contribution is -0.148. The van der Waals surface area contributed by atoms with Crippen LogP contribution in [0.5, 0.6) is 5.88 Å². The van der Waals surface area contributed by atoms with Gasteiger partial charge in [0.1, 0.15) is 0 Å². The molecule has 0 radical (unpaired) electrons. The fourth-order valence-electron chi connectivity index (χ4n) is 5.01. The predicted molar refractivity (Wildman–Crippen MR) is 120 cm³/mol. The minimum Gasteiger partial charge on any atom is -0.481 e. The fourth-order valence-corrected chi connectivity index (χ4v) is 5.01. The Labute approximate surface area is 184 Å². The van der Waals surface area contributed by atoms with Crippen LogP contribution in [0.25, 0.3) is 0 Å². The van der Waals surface area contributed by atoms with Crippen LogP contribution >= 0.6 is 0 Å². The first kappa shape index (κ1) is 21.8. The molecule has 1 saturated carbocycles. The largest absolute Gasteiger partial charge is 0.481 e. The van der Waals surface area contributed by atoms with Crippen LogP contribution in [-0.2, 0) is 16.9 Å². The molecule has 4 rings (SSSR count). The fraction of sp³-hybridized carbons (Fsp3) is 0.520. The second-order valence-electron chi connectivity index (χ2n) is 8.81. The van der Waals surface area contributed by atoms with Crippen molar-refractivity contribution in [3.05, 3.63) is 59.8 Å². The highest BCUT2D eigenvalue weighted by atomic mass is 16.5. The van der Waals surface area contributed by atoms with Crippen LogP contribution < -0.4 is 10.1 Å². The van der Waals surface area contributed by atoms with Crippen molar-refractivity contribution >= 4 is 5.91 Å². The van der Waals surface area contributed by atoms with Gasteiger partial charge in [0.2, 0.25) is 5.88 Å². The lowest BCUT2D eigenvalue weighted by atomic mass is 9.79. The van der Waals surface area contributed by atoms with Crippen molar-refractivity contribution in [2.75, 3.05) is 20.2 Å². The summed E-state index contributed by atoms with van der Waals surface area (Å²) in [4.78, 5) is 20.2. The summed E-state index contributed by atoms with van der Waals surface area (Å²) in [5, 5.41) is 14.8. The van der Waals surface area contributed by atoms with Crippen LogP contribution in [0.15, 0.2) is 48.5 Å². The summed E-state index contributed by atoms with van der Waals surface area (Å²) < 4.78 is 5.21. The van der Waals surface area contributed by atoms with Gasteiger partial charge in [-0.1, -0.05) is 49.2 Å². The van der Waals surface area contributed by atoms with Crippen molar-refractivity contribution < 1.29 is 14.6 Å². The van der Waals surface area contributed by atoms with E-state index in [1.165, 1.54) is 0 Å². The summed E-state index contributed by atoms with van der Waals surface area (Å²) in [6.45, 7) is 2.54. The van der Waals surface area contributed by atoms with Crippen LogP contribution in [0.2, 0.25) is 0 Å². The summed E-state index contributed by atoms with van der Waals surface area (Å²) in [5.74, 6) is 0.374. The molecule has 1 aromatic carbocycles. The second kappa shape index (κ2) is 9.79. The zero-order chi connectivity index (χ0) is 21.7. The van der Waals surface area contributed by atoms with Gasteiger partial charge in [-0.05, 0) is 37.3 Å². The topological polar surface area (TPSA) is 74.7 Å². The van der Waals surface area contributed by atoms with E-state index in [0.29, 0.717) is 11.4 Å². The molecule has 166 valence electrons. The highest BCUT2D eigenvalue weighted by molar-refractivity contribution is 5.87. The number of rotatable bonds is 7. The van der Waals surface area contributed by atoms with Crippen molar-refractivity contribution in [2.24, 2.45) is 5.92 Å². The van der Waals surface area contributed by atoms with Crippen molar-refractivity contribution in [2.45, 2.75) is 56.7 Å². The molecule has 2 heterocycles. The van der Waals surface area contributed by atoms with E-state index >= 15 is 0 Å². The molecule has 6 heteroatoms. The number of methoxy groups -OCH3 is 1. The number of hydrogen-bond donors (Lipinski definition) is 2. The zero-order valence-electron chi connectivity index (χ0n) is 18.3. The van der Waals surface area contributed by atoms with Gasteiger partial charge in [-0.15, -0.1) is 0 Å². The maximum absolute atomic E-state index is 13.4. The number of amides is 1. The number of aliphatic hydroxyl groups is 1. The number of nitrogens with one attached hydrogen (secondary N) is 1. The maximum atomic E-state index is 13.4. The molecule has 2 aliphatic rings. The Bertz CT molecular complexity index is 861. The number of pyridine rings is 1. The molecule has 1 aromatic heterocycles. The number of benzene rings is 1. The molecule has 0 spiro atoms. The average Bonchev–Trinajstić information content (AvgIpc) is 3.36. The van der Waals surface area contributed by atoms with Gasteiger partial charge in [-0.25, -0.2) is 4.98 Å². The molecule has 1 unspecified atom stereocenters. The van der Waals surface area contributed by atoms with Crippen molar-refractivity contribution in [3.8, 4) is 5.88 Å². The summed E-state index contributed by atoms with van der Waals surface area (Å²) in [5.41, 5.74) is 0.252. The molecule has 2 N–H and O–H groups in total. The number of ether oxygens (including phenoxy) is 1. The number of likely N-dealkylation sites (tertiary alicyclic amines) is 1. The summed E-state index contributed by atoms with van der Waals surface area (Å²) in [7, 11) is 1.63. The number of carbonyl (C=O) groups excluding carboxylic acids is 1. The van der Waals surface area contributed by atoms with Gasteiger partial charge >= 0.3 is 0 Å². The van der Waals surface area contributed by atoms with Crippen LogP contribution in [0.1, 0.15) is 49.8 Å². The van der Waals surface area contributed by atoms with Gasteiger partial charge in [0.15, 0.2) is 5.60 Å². The Hall–Kier alpha value is -2.44. The first-order chi connectivity index (χ1) is 15.1. The van der Waals surface area contributed by atoms with E-state index in [4.69, 9.17) is 4.74 Å². The quantitative estimate of drug-likeness (QED) is 0.715. The molecule has 2 aromatic rings. The van der Waals surface area contributed by atoms with E-state index in [2.05, 4.69) is 15.2 Å². The maximum Gasteiger partial charge on any atom is 0.257 e. The van der Waals surface area contributed by atoms with Gasteiger partial charge in [0.25, 0.3) is 5.91 Å². The van der Waals surface area contributed by atoms with E-state index < -0.39 is 5.60 Å². The Morgan fingerprint density at radius 3 is 2.48 bits per heavy atom. The van der Waals surface area contributed by atoms with Crippen LogP contribution in [-0.4, -0.2) is 47.1 Å². The molecule has 0 bridgehead atoms. The molecule has 6 nitrogen and oxygen atoms in total. The third-order valence-electron chi connectivity index (χ3n) is 6.80. The lowest BCUT2D eigenvalue weighted by Crippen LogP contribution is -2.54. The standard InChI is InChI=1S/C25H33N3O3/c1-31-23-13-7-12-22(26-23)18-28-16-14-21(15-17-28)27-24(29)25(30,20-10-5-6-11-20)19-8-3-2-4-9-19/h2-4,7-9,12-13,20-21,30H,5-6,10-11,14-18H2,1H3,(H,27,29). The zero-order valence-corrected chi connectivity index (χ0v) is 18.3. The number of aromatic nitrogens is 1. The smallest absolute Gasteiger partial charge is 0.257 e.